The third-order valence-electron chi connectivity index (χ3n) is 3.32. The Morgan fingerprint density at radius 3 is 2.90 bits per heavy atom. The molecule has 2 aromatic rings. The highest BCUT2D eigenvalue weighted by molar-refractivity contribution is 5.93. The van der Waals surface area contributed by atoms with E-state index in [4.69, 9.17) is 10.5 Å². The van der Waals surface area contributed by atoms with Crippen molar-refractivity contribution < 1.29 is 9.53 Å². The van der Waals surface area contributed by atoms with Crippen molar-refractivity contribution in [2.75, 3.05) is 19.4 Å². The van der Waals surface area contributed by atoms with Crippen LogP contribution in [-0.4, -0.2) is 24.1 Å². The average molecular weight is 287 g/mol. The Morgan fingerprint density at radius 2 is 2.19 bits per heavy atom. The van der Waals surface area contributed by atoms with Gasteiger partial charge in [0.15, 0.2) is 0 Å². The predicted molar refractivity (Wildman–Crippen MR) is 83.5 cm³/mol. The number of ether oxygens (including phenoxy) is 1. The van der Waals surface area contributed by atoms with Gasteiger partial charge in [-0.3, -0.25) is 4.79 Å². The van der Waals surface area contributed by atoms with Crippen molar-refractivity contribution in [1.82, 2.24) is 9.88 Å². The number of methoxy groups -OCH3 is 1. The van der Waals surface area contributed by atoms with Gasteiger partial charge in [-0.25, -0.2) is 0 Å². The van der Waals surface area contributed by atoms with E-state index in [0.717, 1.165) is 24.3 Å². The van der Waals surface area contributed by atoms with E-state index in [1.165, 1.54) is 0 Å². The van der Waals surface area contributed by atoms with Crippen LogP contribution < -0.4 is 15.8 Å². The Kier molecular flexibility index (Phi) is 4.87. The Balaban J connectivity index is 1.92. The highest BCUT2D eigenvalue weighted by Crippen LogP contribution is 2.13. The lowest BCUT2D eigenvalue weighted by Gasteiger charge is -2.08. The maximum absolute atomic E-state index is 12.1. The highest BCUT2D eigenvalue weighted by Gasteiger charge is 2.11. The minimum absolute atomic E-state index is 0.101. The fraction of sp³-hybridized carbons (Fsp3) is 0.312. The van der Waals surface area contributed by atoms with Crippen LogP contribution in [0.2, 0.25) is 0 Å². The van der Waals surface area contributed by atoms with E-state index in [9.17, 15) is 4.79 Å². The summed E-state index contributed by atoms with van der Waals surface area (Å²) in [5.74, 6) is 0.725. The van der Waals surface area contributed by atoms with Crippen molar-refractivity contribution in [1.29, 1.82) is 0 Å². The largest absolute Gasteiger partial charge is 0.497 e. The van der Waals surface area contributed by atoms with E-state index < -0.39 is 0 Å². The summed E-state index contributed by atoms with van der Waals surface area (Å²) in [6, 6.07) is 9.53. The van der Waals surface area contributed by atoms with E-state index in [1.54, 1.807) is 19.4 Å². The molecule has 0 atom stereocenters. The van der Waals surface area contributed by atoms with Gasteiger partial charge < -0.3 is 20.4 Å². The first kappa shape index (κ1) is 15.0. The highest BCUT2D eigenvalue weighted by atomic mass is 16.5. The number of carbonyl (C=O) groups is 1. The zero-order chi connectivity index (χ0) is 15.2. The van der Waals surface area contributed by atoms with E-state index in [0.29, 0.717) is 17.9 Å². The first-order valence-corrected chi connectivity index (χ1v) is 7.00. The molecule has 1 aromatic carbocycles. The minimum atomic E-state index is -0.101. The third-order valence-corrected chi connectivity index (χ3v) is 3.32. The zero-order valence-corrected chi connectivity index (χ0v) is 12.4. The summed E-state index contributed by atoms with van der Waals surface area (Å²) >= 11 is 0. The number of nitrogens with zero attached hydrogens (tertiary/aromatic N) is 1. The molecule has 0 bridgehead atoms. The molecule has 0 radical (unpaired) electrons. The van der Waals surface area contributed by atoms with Gasteiger partial charge in [-0.15, -0.1) is 0 Å². The number of nitrogens with one attached hydrogen (secondary N) is 1. The standard InChI is InChI=1S/C16H21N3O2/c1-3-19-11-13(17)10-15(19)16(20)18-8-7-12-5-4-6-14(9-12)21-2/h4-6,9-11H,3,7-8,17H2,1-2H3,(H,18,20). The molecule has 1 heterocycles. The number of rotatable bonds is 6. The number of nitrogen functional groups attached to an aromatic ring is 1. The molecule has 1 amide bonds. The predicted octanol–water partition coefficient (Wildman–Crippen LogP) is 2.07. The quantitative estimate of drug-likeness (QED) is 0.854. The molecule has 2 rings (SSSR count). The second-order valence-corrected chi connectivity index (χ2v) is 4.80. The van der Waals surface area contributed by atoms with Gasteiger partial charge in [0.05, 0.1) is 12.8 Å². The number of nitrogens with two attached hydrogens (primary N) is 1. The van der Waals surface area contributed by atoms with Crippen LogP contribution in [0, 0.1) is 0 Å². The third kappa shape index (κ3) is 3.78. The van der Waals surface area contributed by atoms with E-state index >= 15 is 0 Å². The molecule has 0 saturated heterocycles. The average Bonchev–Trinajstić information content (AvgIpc) is 2.88. The minimum Gasteiger partial charge on any atom is -0.497 e. The molecule has 3 N–H and O–H groups in total. The monoisotopic (exact) mass is 287 g/mol. The molecular formula is C16H21N3O2. The van der Waals surface area contributed by atoms with Gasteiger partial charge in [-0.2, -0.15) is 0 Å². The smallest absolute Gasteiger partial charge is 0.267 e. The number of carbonyl (C=O) groups excluding carboxylic acids is 1. The molecule has 0 spiro atoms. The van der Waals surface area contributed by atoms with Gasteiger partial charge in [-0.1, -0.05) is 12.1 Å². The number of hydrogen-bond acceptors (Lipinski definition) is 3. The molecule has 5 nitrogen and oxygen atoms in total. The first-order valence-electron chi connectivity index (χ1n) is 7.00. The lowest BCUT2D eigenvalue weighted by molar-refractivity contribution is 0.0945. The molecule has 0 fully saturated rings. The van der Waals surface area contributed by atoms with Crippen molar-refractivity contribution in [2.45, 2.75) is 19.9 Å². The molecule has 0 aliphatic carbocycles. The number of amides is 1. The number of hydrogen-bond donors (Lipinski definition) is 2. The topological polar surface area (TPSA) is 69.3 Å². The summed E-state index contributed by atoms with van der Waals surface area (Å²) in [6.07, 6.45) is 2.53. The maximum Gasteiger partial charge on any atom is 0.267 e. The number of anilines is 1. The van der Waals surface area contributed by atoms with Gasteiger partial charge >= 0.3 is 0 Å². The summed E-state index contributed by atoms with van der Waals surface area (Å²) in [5, 5.41) is 2.92. The number of aromatic nitrogens is 1. The van der Waals surface area contributed by atoms with Crippen molar-refractivity contribution in [2.24, 2.45) is 0 Å². The SMILES string of the molecule is CCn1cc(N)cc1C(=O)NCCc1cccc(OC)c1. The summed E-state index contributed by atoms with van der Waals surface area (Å²) < 4.78 is 7.02. The molecular weight excluding hydrogens is 266 g/mol. The van der Waals surface area contributed by atoms with Crippen LogP contribution in [0.25, 0.3) is 0 Å². The van der Waals surface area contributed by atoms with Crippen LogP contribution >= 0.6 is 0 Å². The molecule has 5 heteroatoms. The summed E-state index contributed by atoms with van der Waals surface area (Å²) in [5.41, 5.74) is 8.06. The molecule has 112 valence electrons. The summed E-state index contributed by atoms with van der Waals surface area (Å²) in [7, 11) is 1.64. The number of aryl methyl sites for hydroxylation is 1. The van der Waals surface area contributed by atoms with Crippen LogP contribution in [0.3, 0.4) is 0 Å². The van der Waals surface area contributed by atoms with Gasteiger partial charge in [0.25, 0.3) is 5.91 Å². The van der Waals surface area contributed by atoms with Crippen LogP contribution in [0.1, 0.15) is 23.0 Å². The van der Waals surface area contributed by atoms with Crippen molar-refractivity contribution in [3.8, 4) is 5.75 Å². The molecule has 0 unspecified atom stereocenters. The normalized spacial score (nSPS) is 10.4. The first-order chi connectivity index (χ1) is 10.1. The second-order valence-electron chi connectivity index (χ2n) is 4.80. The van der Waals surface area contributed by atoms with Crippen molar-refractivity contribution >= 4 is 11.6 Å². The Hall–Kier alpha value is -2.43. The van der Waals surface area contributed by atoms with Crippen molar-refractivity contribution in [3.63, 3.8) is 0 Å². The fourth-order valence-corrected chi connectivity index (χ4v) is 2.22. The molecule has 0 saturated carbocycles. The lowest BCUT2D eigenvalue weighted by Crippen LogP contribution is -2.27. The van der Waals surface area contributed by atoms with E-state index in [1.807, 2.05) is 35.8 Å². The van der Waals surface area contributed by atoms with E-state index in [-0.39, 0.29) is 5.91 Å². The van der Waals surface area contributed by atoms with Crippen LogP contribution in [0.4, 0.5) is 5.69 Å². The van der Waals surface area contributed by atoms with Gasteiger partial charge in [0.1, 0.15) is 11.4 Å². The summed E-state index contributed by atoms with van der Waals surface area (Å²) in [6.45, 7) is 3.27. The fourth-order valence-electron chi connectivity index (χ4n) is 2.22. The Labute approximate surface area is 124 Å². The number of benzene rings is 1. The summed E-state index contributed by atoms with van der Waals surface area (Å²) in [4.78, 5) is 12.1. The van der Waals surface area contributed by atoms with Crippen LogP contribution in [0.5, 0.6) is 5.75 Å². The van der Waals surface area contributed by atoms with Gasteiger partial charge in [0.2, 0.25) is 0 Å². The lowest BCUT2D eigenvalue weighted by atomic mass is 10.1. The van der Waals surface area contributed by atoms with Crippen molar-refractivity contribution in [3.05, 3.63) is 47.8 Å². The zero-order valence-electron chi connectivity index (χ0n) is 12.4. The molecule has 0 aliphatic heterocycles. The van der Waals surface area contributed by atoms with E-state index in [2.05, 4.69) is 5.32 Å². The molecule has 21 heavy (non-hydrogen) atoms. The van der Waals surface area contributed by atoms with Gasteiger partial charge in [-0.05, 0) is 37.1 Å². The Morgan fingerprint density at radius 1 is 1.38 bits per heavy atom. The Bertz CT molecular complexity index is 620. The van der Waals surface area contributed by atoms with Gasteiger partial charge in [0, 0.05) is 19.3 Å². The van der Waals surface area contributed by atoms with Crippen LogP contribution in [0.15, 0.2) is 36.5 Å². The molecule has 1 aromatic heterocycles. The maximum atomic E-state index is 12.1. The molecule has 0 aliphatic rings. The second kappa shape index (κ2) is 6.83. The van der Waals surface area contributed by atoms with Crippen LogP contribution in [-0.2, 0) is 13.0 Å².